The van der Waals surface area contributed by atoms with Crippen LogP contribution in [0.4, 0.5) is 0 Å². The molecule has 4 aromatic rings. The molecule has 1 aliphatic rings. The molecule has 0 spiro atoms. The summed E-state index contributed by atoms with van der Waals surface area (Å²) in [5.41, 5.74) is 4.39. The molecule has 5 rings (SSSR count). The van der Waals surface area contributed by atoms with Crippen molar-refractivity contribution in [3.05, 3.63) is 66.1 Å². The number of nitrogens with zero attached hydrogens (tertiary/aromatic N) is 3. The number of fused-ring (bicyclic) bond motifs is 2. The molecule has 0 saturated carbocycles. The number of rotatable bonds is 5. The lowest BCUT2D eigenvalue weighted by molar-refractivity contribution is -0.145. The fourth-order valence-electron chi connectivity index (χ4n) is 3.57. The predicted octanol–water partition coefficient (Wildman–Crippen LogP) is 3.76. The maximum Gasteiger partial charge on any atom is 0.326 e. The molecule has 3 heterocycles. The minimum atomic E-state index is -0.360. The Morgan fingerprint density at radius 1 is 1.24 bits per heavy atom. The largest absolute Gasteiger partial charge is 0.490 e. The third kappa shape index (κ3) is 3.47. The molecule has 29 heavy (non-hydrogen) atoms. The smallest absolute Gasteiger partial charge is 0.326 e. The van der Waals surface area contributed by atoms with Crippen LogP contribution < -0.4 is 4.74 Å². The van der Waals surface area contributed by atoms with Crippen LogP contribution in [0.5, 0.6) is 5.75 Å². The van der Waals surface area contributed by atoms with E-state index in [1.165, 1.54) is 0 Å². The second-order valence-electron chi connectivity index (χ2n) is 7.16. The van der Waals surface area contributed by atoms with E-state index in [1.54, 1.807) is 17.0 Å². The van der Waals surface area contributed by atoms with Crippen molar-refractivity contribution in [1.82, 2.24) is 14.7 Å². The number of hydrogen-bond donors (Lipinski definition) is 0. The van der Waals surface area contributed by atoms with Gasteiger partial charge in [0.2, 0.25) is 0 Å². The molecule has 0 N–H and O–H groups in total. The number of aromatic nitrogens is 3. The molecule has 7 nitrogen and oxygen atoms in total. The summed E-state index contributed by atoms with van der Waals surface area (Å²) in [6.45, 7) is 2.20. The Morgan fingerprint density at radius 3 is 3.07 bits per heavy atom. The van der Waals surface area contributed by atoms with E-state index in [9.17, 15) is 4.79 Å². The number of para-hydroxylation sites is 2. The Morgan fingerprint density at radius 2 is 2.14 bits per heavy atom. The topological polar surface area (TPSA) is 79.4 Å². The third-order valence-corrected chi connectivity index (χ3v) is 4.95. The highest BCUT2D eigenvalue weighted by Crippen LogP contribution is 2.33. The molecule has 0 bridgehead atoms. The number of carbonyl (C=O) groups excluding carboxylic acids is 1. The van der Waals surface area contributed by atoms with E-state index in [1.807, 2.05) is 43.3 Å². The van der Waals surface area contributed by atoms with Crippen LogP contribution in [0, 0.1) is 0 Å². The van der Waals surface area contributed by atoms with Crippen molar-refractivity contribution in [3.63, 3.8) is 0 Å². The van der Waals surface area contributed by atoms with E-state index in [4.69, 9.17) is 14.0 Å². The van der Waals surface area contributed by atoms with E-state index in [0.29, 0.717) is 11.5 Å². The van der Waals surface area contributed by atoms with Gasteiger partial charge in [-0.05, 0) is 42.8 Å². The second-order valence-corrected chi connectivity index (χ2v) is 7.16. The quantitative estimate of drug-likeness (QED) is 0.484. The number of esters is 1. The van der Waals surface area contributed by atoms with Crippen molar-refractivity contribution in [2.24, 2.45) is 0 Å². The summed E-state index contributed by atoms with van der Waals surface area (Å²) in [4.78, 5) is 16.5. The van der Waals surface area contributed by atoms with Gasteiger partial charge in [0.25, 0.3) is 0 Å². The normalized spacial score (nSPS) is 15.3. The Balaban J connectivity index is 1.23. The standard InChI is InChI=1S/C22H19N3O4/c1-14-8-16-9-15(6-7-20(16)28-14)21-10-17(24-29-21)12-27-22(26)11-25-13-23-18-4-2-3-5-19(18)25/h2-7,9-10,13-14H,8,11-12H2,1H3/t14-/m0/s1. The summed E-state index contributed by atoms with van der Waals surface area (Å²) in [6, 6.07) is 15.4. The van der Waals surface area contributed by atoms with Crippen molar-refractivity contribution in [2.45, 2.75) is 32.6 Å². The van der Waals surface area contributed by atoms with Gasteiger partial charge in [-0.25, -0.2) is 4.98 Å². The highest BCUT2D eigenvalue weighted by molar-refractivity contribution is 5.78. The lowest BCUT2D eigenvalue weighted by Crippen LogP contribution is -2.12. The fourth-order valence-corrected chi connectivity index (χ4v) is 3.57. The molecule has 146 valence electrons. The van der Waals surface area contributed by atoms with Gasteiger partial charge in [-0.15, -0.1) is 0 Å². The Kier molecular flexibility index (Phi) is 4.27. The first-order chi connectivity index (χ1) is 14.2. The first kappa shape index (κ1) is 17.5. The van der Waals surface area contributed by atoms with Gasteiger partial charge in [0.15, 0.2) is 5.76 Å². The van der Waals surface area contributed by atoms with Crippen molar-refractivity contribution in [3.8, 4) is 17.1 Å². The maximum absolute atomic E-state index is 12.2. The van der Waals surface area contributed by atoms with Crippen LogP contribution in [0.3, 0.4) is 0 Å². The van der Waals surface area contributed by atoms with Gasteiger partial charge in [-0.2, -0.15) is 0 Å². The van der Waals surface area contributed by atoms with Crippen LogP contribution in [-0.2, 0) is 29.1 Å². The SMILES string of the molecule is C[C@H]1Cc2cc(-c3cc(COC(=O)Cn4cnc5ccccc54)no3)ccc2O1. The number of benzene rings is 2. The van der Waals surface area contributed by atoms with Crippen LogP contribution >= 0.6 is 0 Å². The molecule has 0 radical (unpaired) electrons. The molecule has 2 aromatic carbocycles. The highest BCUT2D eigenvalue weighted by atomic mass is 16.5. The Labute approximate surface area is 166 Å². The lowest BCUT2D eigenvalue weighted by Gasteiger charge is -2.04. The van der Waals surface area contributed by atoms with Gasteiger partial charge in [-0.3, -0.25) is 4.79 Å². The monoisotopic (exact) mass is 389 g/mol. The Bertz CT molecular complexity index is 1190. The van der Waals surface area contributed by atoms with Gasteiger partial charge in [0.1, 0.15) is 30.7 Å². The molecule has 0 saturated heterocycles. The molecular formula is C22H19N3O4. The summed E-state index contributed by atoms with van der Waals surface area (Å²) >= 11 is 0. The van der Waals surface area contributed by atoms with E-state index in [2.05, 4.69) is 16.2 Å². The number of hydrogen-bond acceptors (Lipinski definition) is 6. The van der Waals surface area contributed by atoms with Crippen molar-refractivity contribution < 1.29 is 18.8 Å². The molecule has 1 aliphatic heterocycles. The van der Waals surface area contributed by atoms with E-state index < -0.39 is 0 Å². The fraction of sp³-hybridized carbons (Fsp3) is 0.227. The minimum absolute atomic E-state index is 0.0556. The van der Waals surface area contributed by atoms with Gasteiger partial charge in [0.05, 0.1) is 17.4 Å². The second kappa shape index (κ2) is 7.09. The maximum atomic E-state index is 12.2. The average molecular weight is 389 g/mol. The molecule has 0 fully saturated rings. The average Bonchev–Trinajstić information content (AvgIpc) is 3.44. The first-order valence-corrected chi connectivity index (χ1v) is 9.47. The highest BCUT2D eigenvalue weighted by Gasteiger charge is 2.20. The van der Waals surface area contributed by atoms with Crippen molar-refractivity contribution >= 4 is 17.0 Å². The van der Waals surface area contributed by atoms with Crippen LogP contribution in [0.1, 0.15) is 18.2 Å². The van der Waals surface area contributed by atoms with Gasteiger partial charge in [0, 0.05) is 18.1 Å². The molecule has 7 heteroatoms. The Hall–Kier alpha value is -3.61. The number of ether oxygens (including phenoxy) is 2. The molecular weight excluding hydrogens is 370 g/mol. The lowest BCUT2D eigenvalue weighted by atomic mass is 10.1. The zero-order chi connectivity index (χ0) is 19.8. The summed E-state index contributed by atoms with van der Waals surface area (Å²) in [7, 11) is 0. The zero-order valence-electron chi connectivity index (χ0n) is 15.9. The summed E-state index contributed by atoms with van der Waals surface area (Å²) in [5, 5.41) is 4.02. The molecule has 0 aliphatic carbocycles. The molecule has 1 atom stereocenters. The number of carbonyl (C=O) groups is 1. The minimum Gasteiger partial charge on any atom is -0.490 e. The van der Waals surface area contributed by atoms with E-state index in [-0.39, 0.29) is 25.2 Å². The predicted molar refractivity (Wildman–Crippen MR) is 105 cm³/mol. The summed E-state index contributed by atoms with van der Waals surface area (Å²) in [6.07, 6.45) is 2.71. The van der Waals surface area contributed by atoms with Crippen LogP contribution in [-0.4, -0.2) is 26.8 Å². The van der Waals surface area contributed by atoms with Gasteiger partial charge >= 0.3 is 5.97 Å². The summed E-state index contributed by atoms with van der Waals surface area (Å²) in [5.74, 6) is 1.20. The van der Waals surface area contributed by atoms with Crippen LogP contribution in [0.25, 0.3) is 22.4 Å². The zero-order valence-corrected chi connectivity index (χ0v) is 15.9. The van der Waals surface area contributed by atoms with Crippen molar-refractivity contribution in [2.75, 3.05) is 0 Å². The van der Waals surface area contributed by atoms with Crippen molar-refractivity contribution in [1.29, 1.82) is 0 Å². The molecule has 0 unspecified atom stereocenters. The first-order valence-electron chi connectivity index (χ1n) is 9.47. The van der Waals surface area contributed by atoms with Gasteiger partial charge in [-0.1, -0.05) is 17.3 Å². The molecule has 0 amide bonds. The third-order valence-electron chi connectivity index (χ3n) is 4.95. The van der Waals surface area contributed by atoms with Gasteiger partial charge < -0.3 is 18.6 Å². The molecule has 2 aromatic heterocycles. The van der Waals surface area contributed by atoms with E-state index in [0.717, 1.165) is 34.3 Å². The summed E-state index contributed by atoms with van der Waals surface area (Å²) < 4.78 is 18.3. The van der Waals surface area contributed by atoms with Crippen LogP contribution in [0.2, 0.25) is 0 Å². The van der Waals surface area contributed by atoms with E-state index >= 15 is 0 Å². The number of imidazole rings is 1. The van der Waals surface area contributed by atoms with Crippen LogP contribution in [0.15, 0.2) is 59.4 Å².